The lowest BCUT2D eigenvalue weighted by Gasteiger charge is -2.20. The van der Waals surface area contributed by atoms with Gasteiger partial charge >= 0.3 is 6.36 Å². The molecule has 0 N–H and O–H groups in total. The molecule has 0 fully saturated rings. The van der Waals surface area contributed by atoms with Gasteiger partial charge in [0, 0.05) is 22.7 Å². The molecule has 0 radical (unpaired) electrons. The van der Waals surface area contributed by atoms with Crippen LogP contribution in [0, 0.1) is 0 Å². The topological polar surface area (TPSA) is 64.4 Å². The van der Waals surface area contributed by atoms with Crippen LogP contribution in [0.15, 0.2) is 48.5 Å². The largest absolute Gasteiger partial charge is 0.573 e. The minimum atomic E-state index is -4.88. The number of rotatable bonds is 5. The summed E-state index contributed by atoms with van der Waals surface area (Å²) in [5.41, 5.74) is 2.30. The Morgan fingerprint density at radius 1 is 1.06 bits per heavy atom. The molecule has 32 heavy (non-hydrogen) atoms. The fourth-order valence-corrected chi connectivity index (χ4v) is 4.92. The van der Waals surface area contributed by atoms with Gasteiger partial charge in [-0.2, -0.15) is 9.40 Å². The van der Waals surface area contributed by atoms with Crippen molar-refractivity contribution in [3.05, 3.63) is 64.8 Å². The van der Waals surface area contributed by atoms with E-state index in [2.05, 4.69) is 9.84 Å². The second-order valence-corrected chi connectivity index (χ2v) is 10.5. The highest BCUT2D eigenvalue weighted by molar-refractivity contribution is 7.89. The predicted octanol–water partition coefficient (Wildman–Crippen LogP) is 5.15. The van der Waals surface area contributed by atoms with Gasteiger partial charge in [0.05, 0.1) is 23.2 Å². The van der Waals surface area contributed by atoms with E-state index >= 15 is 0 Å². The Morgan fingerprint density at radius 2 is 1.72 bits per heavy atom. The number of fused-ring (bicyclic) bond motifs is 1. The van der Waals surface area contributed by atoms with Gasteiger partial charge in [0.2, 0.25) is 10.0 Å². The highest BCUT2D eigenvalue weighted by Gasteiger charge is 2.37. The molecule has 0 saturated heterocycles. The minimum absolute atomic E-state index is 0.0335. The van der Waals surface area contributed by atoms with Gasteiger partial charge in [0.1, 0.15) is 5.69 Å². The molecule has 0 atom stereocenters. The number of halogens is 4. The second kappa shape index (κ2) is 8.09. The Hall–Kier alpha value is -2.56. The Bertz CT molecular complexity index is 1260. The smallest absolute Gasteiger partial charge is 0.403 e. The van der Waals surface area contributed by atoms with Crippen molar-refractivity contribution in [2.24, 2.45) is 0 Å². The number of benzene rings is 2. The van der Waals surface area contributed by atoms with E-state index in [1.165, 1.54) is 27.2 Å². The van der Waals surface area contributed by atoms with Gasteiger partial charge in [-0.05, 0) is 38.1 Å². The number of aromatic nitrogens is 2. The van der Waals surface area contributed by atoms with Crippen LogP contribution in [0.2, 0.25) is 5.02 Å². The molecule has 0 amide bonds. The molecule has 0 aliphatic carbocycles. The number of nitrogens with zero attached hydrogens (tertiary/aromatic N) is 3. The van der Waals surface area contributed by atoms with Gasteiger partial charge in [0.15, 0.2) is 5.75 Å². The molecule has 3 aromatic rings. The van der Waals surface area contributed by atoms with Crippen LogP contribution in [-0.2, 0) is 23.1 Å². The van der Waals surface area contributed by atoms with Gasteiger partial charge in [0.25, 0.3) is 0 Å². The van der Waals surface area contributed by atoms with Crippen molar-refractivity contribution in [3.8, 4) is 22.7 Å². The maximum absolute atomic E-state index is 13.0. The summed E-state index contributed by atoms with van der Waals surface area (Å²) < 4.78 is 71.2. The van der Waals surface area contributed by atoms with Crippen molar-refractivity contribution in [3.63, 3.8) is 0 Å². The number of hydrogen-bond donors (Lipinski definition) is 0. The summed E-state index contributed by atoms with van der Waals surface area (Å²) in [6.07, 6.45) is -4.88. The van der Waals surface area contributed by atoms with Crippen molar-refractivity contribution in [2.45, 2.75) is 38.5 Å². The maximum Gasteiger partial charge on any atom is 0.573 e. The van der Waals surface area contributed by atoms with Crippen molar-refractivity contribution in [1.82, 2.24) is 14.1 Å². The fraction of sp³-hybridized carbons (Fsp3) is 0.286. The van der Waals surface area contributed by atoms with Crippen molar-refractivity contribution in [1.29, 1.82) is 0 Å². The molecule has 0 spiro atoms. The van der Waals surface area contributed by atoms with E-state index in [1.807, 2.05) is 0 Å². The molecule has 0 unspecified atom stereocenters. The molecule has 0 saturated carbocycles. The first-order valence-electron chi connectivity index (χ1n) is 9.68. The number of hydrogen-bond acceptors (Lipinski definition) is 4. The van der Waals surface area contributed by atoms with Crippen LogP contribution in [0.4, 0.5) is 13.2 Å². The normalized spacial score (nSPS) is 14.7. The zero-order valence-corrected chi connectivity index (χ0v) is 18.7. The van der Waals surface area contributed by atoms with E-state index in [9.17, 15) is 21.6 Å². The molecule has 4 rings (SSSR count). The highest BCUT2D eigenvalue weighted by Crippen LogP contribution is 2.39. The molecule has 1 aliphatic heterocycles. The molecule has 1 aromatic heterocycles. The van der Waals surface area contributed by atoms with Gasteiger partial charge < -0.3 is 4.74 Å². The zero-order chi connectivity index (χ0) is 23.3. The summed E-state index contributed by atoms with van der Waals surface area (Å²) in [7, 11) is -3.54. The lowest BCUT2D eigenvalue weighted by molar-refractivity contribution is -0.274. The molecule has 11 heteroatoms. The fourth-order valence-electron chi connectivity index (χ4n) is 3.59. The minimum Gasteiger partial charge on any atom is -0.403 e. The summed E-state index contributed by atoms with van der Waals surface area (Å²) in [4.78, 5) is 0. The molecule has 0 bridgehead atoms. The molecular formula is C21H19ClF3N3O3S. The number of sulfonamides is 1. The molecule has 2 aromatic carbocycles. The summed E-state index contributed by atoms with van der Waals surface area (Å²) in [5.74, 6) is -0.414. The third-order valence-electron chi connectivity index (χ3n) is 5.12. The van der Waals surface area contributed by atoms with Crippen LogP contribution in [0.1, 0.15) is 25.1 Å². The molecule has 2 heterocycles. The Morgan fingerprint density at radius 3 is 2.34 bits per heavy atom. The quantitative estimate of drug-likeness (QED) is 0.501. The summed E-state index contributed by atoms with van der Waals surface area (Å²) in [5, 5.41) is 4.38. The maximum atomic E-state index is 13.0. The standard InChI is InChI=1S/C21H19ClF3N3O3S/c1-13(2)32(29,30)27-11-16-17(12-27)26-28(20(16)14-7-9-15(22)10-8-14)18-5-3-4-6-19(18)31-21(23,24)25/h3-10,13H,11-12H2,1-2H3. The van der Waals surface area contributed by atoms with Crippen molar-refractivity contribution >= 4 is 21.6 Å². The second-order valence-electron chi connectivity index (χ2n) is 7.57. The average molecular weight is 486 g/mol. The molecular weight excluding hydrogens is 467 g/mol. The van der Waals surface area contributed by atoms with Crippen molar-refractivity contribution in [2.75, 3.05) is 0 Å². The molecule has 1 aliphatic rings. The van der Waals surface area contributed by atoms with Gasteiger partial charge in [-0.15, -0.1) is 13.2 Å². The van der Waals surface area contributed by atoms with Gasteiger partial charge in [-0.25, -0.2) is 13.1 Å². The lowest BCUT2D eigenvalue weighted by Crippen LogP contribution is -2.32. The van der Waals surface area contributed by atoms with Gasteiger partial charge in [-0.3, -0.25) is 0 Å². The Balaban J connectivity index is 1.88. The van der Waals surface area contributed by atoms with Gasteiger partial charge in [-0.1, -0.05) is 35.9 Å². The van der Waals surface area contributed by atoms with E-state index in [4.69, 9.17) is 11.6 Å². The van der Waals surface area contributed by atoms with Crippen LogP contribution in [0.25, 0.3) is 16.9 Å². The van der Waals surface area contributed by atoms with Crippen molar-refractivity contribution < 1.29 is 26.3 Å². The highest BCUT2D eigenvalue weighted by atomic mass is 35.5. The Kier molecular flexibility index (Phi) is 5.72. The summed E-state index contributed by atoms with van der Waals surface area (Å²) >= 11 is 6.01. The van der Waals surface area contributed by atoms with Crippen LogP contribution in [0.3, 0.4) is 0 Å². The van der Waals surface area contributed by atoms with E-state index in [1.54, 1.807) is 44.2 Å². The van der Waals surface area contributed by atoms with E-state index in [0.29, 0.717) is 27.5 Å². The van der Waals surface area contributed by atoms with E-state index in [-0.39, 0.29) is 18.8 Å². The third kappa shape index (κ3) is 4.22. The average Bonchev–Trinajstić information content (AvgIpc) is 3.26. The first-order valence-corrected chi connectivity index (χ1v) is 11.6. The Labute approximate surface area is 188 Å². The van der Waals surface area contributed by atoms with Crippen LogP contribution in [-0.4, -0.2) is 34.1 Å². The van der Waals surface area contributed by atoms with Crippen LogP contribution >= 0.6 is 11.6 Å². The SMILES string of the molecule is CC(C)S(=O)(=O)N1Cc2nn(-c3ccccc3OC(F)(F)F)c(-c3ccc(Cl)cc3)c2C1. The number of para-hydroxylation sites is 2. The first-order chi connectivity index (χ1) is 15.0. The van der Waals surface area contributed by atoms with Crippen LogP contribution in [0.5, 0.6) is 5.75 Å². The molecule has 6 nitrogen and oxygen atoms in total. The third-order valence-corrected chi connectivity index (χ3v) is 7.54. The number of ether oxygens (including phenoxy) is 1. The monoisotopic (exact) mass is 485 g/mol. The van der Waals surface area contributed by atoms with E-state index in [0.717, 1.165) is 0 Å². The summed E-state index contributed by atoms with van der Waals surface area (Å²) in [6.45, 7) is 3.29. The predicted molar refractivity (Wildman–Crippen MR) is 114 cm³/mol. The van der Waals surface area contributed by atoms with E-state index < -0.39 is 27.4 Å². The lowest BCUT2D eigenvalue weighted by atomic mass is 10.1. The first kappa shape index (κ1) is 22.6. The zero-order valence-electron chi connectivity index (χ0n) is 17.1. The summed E-state index contributed by atoms with van der Waals surface area (Å²) in [6, 6.07) is 12.4. The van der Waals surface area contributed by atoms with Crippen LogP contribution < -0.4 is 4.74 Å². The number of alkyl halides is 3. The molecule has 170 valence electrons.